The molecular weight excluding hydrogens is 266 g/mol. The van der Waals surface area contributed by atoms with Crippen LogP contribution < -0.4 is 5.32 Å². The van der Waals surface area contributed by atoms with Crippen molar-refractivity contribution in [3.63, 3.8) is 0 Å². The molecule has 2 aromatic carbocycles. The van der Waals surface area contributed by atoms with Gasteiger partial charge >= 0.3 is 5.97 Å². The Balaban J connectivity index is 1.89. The standard InChI is InChI=1S/C17H15NO3/c1-11(16-10-12-6-2-5-9-15(12)21-16)18-14-8-4-3-7-13(14)17(19)20/h2-11,18H,1H3,(H,19,20). The number of furan rings is 1. The van der Waals surface area contributed by atoms with E-state index in [-0.39, 0.29) is 11.6 Å². The van der Waals surface area contributed by atoms with Crippen LogP contribution in [0.1, 0.15) is 29.1 Å². The third kappa shape index (κ3) is 2.60. The number of carbonyl (C=O) groups is 1. The minimum atomic E-state index is -0.949. The molecule has 0 aliphatic carbocycles. The Morgan fingerprint density at radius 3 is 2.62 bits per heavy atom. The number of rotatable bonds is 4. The number of benzene rings is 2. The van der Waals surface area contributed by atoms with Gasteiger partial charge in [0.15, 0.2) is 0 Å². The van der Waals surface area contributed by atoms with Gasteiger partial charge in [-0.25, -0.2) is 4.79 Å². The molecule has 0 aliphatic rings. The van der Waals surface area contributed by atoms with Crippen molar-refractivity contribution in [2.24, 2.45) is 0 Å². The topological polar surface area (TPSA) is 62.5 Å². The third-order valence-corrected chi connectivity index (χ3v) is 3.40. The zero-order valence-corrected chi connectivity index (χ0v) is 11.5. The van der Waals surface area contributed by atoms with E-state index in [0.29, 0.717) is 5.69 Å². The van der Waals surface area contributed by atoms with E-state index in [2.05, 4.69) is 5.32 Å². The van der Waals surface area contributed by atoms with E-state index in [0.717, 1.165) is 16.7 Å². The molecule has 106 valence electrons. The van der Waals surface area contributed by atoms with Gasteiger partial charge in [0.1, 0.15) is 11.3 Å². The van der Waals surface area contributed by atoms with Crippen molar-refractivity contribution < 1.29 is 14.3 Å². The van der Waals surface area contributed by atoms with Crippen LogP contribution in [0.2, 0.25) is 0 Å². The SMILES string of the molecule is CC(Nc1ccccc1C(=O)O)c1cc2ccccc2o1. The monoisotopic (exact) mass is 281 g/mol. The van der Waals surface area contributed by atoms with Gasteiger partial charge < -0.3 is 14.8 Å². The zero-order chi connectivity index (χ0) is 14.8. The van der Waals surface area contributed by atoms with E-state index in [1.807, 2.05) is 37.3 Å². The van der Waals surface area contributed by atoms with Crippen LogP contribution in [0.15, 0.2) is 59.0 Å². The summed E-state index contributed by atoms with van der Waals surface area (Å²) in [5.41, 5.74) is 1.66. The number of para-hydroxylation sites is 2. The van der Waals surface area contributed by atoms with Crippen molar-refractivity contribution in [1.29, 1.82) is 0 Å². The Bertz CT molecular complexity index is 758. The Hall–Kier alpha value is -2.75. The van der Waals surface area contributed by atoms with Gasteiger partial charge in [-0.1, -0.05) is 30.3 Å². The average molecular weight is 281 g/mol. The molecule has 3 aromatic rings. The first-order valence-electron chi connectivity index (χ1n) is 6.72. The molecule has 0 bridgehead atoms. The normalized spacial score (nSPS) is 12.2. The average Bonchev–Trinajstić information content (AvgIpc) is 2.91. The molecule has 4 heteroatoms. The number of fused-ring (bicyclic) bond motifs is 1. The minimum absolute atomic E-state index is 0.127. The fourth-order valence-electron chi connectivity index (χ4n) is 2.32. The molecule has 2 N–H and O–H groups in total. The molecule has 1 unspecified atom stereocenters. The molecule has 4 nitrogen and oxygen atoms in total. The maximum atomic E-state index is 11.2. The lowest BCUT2D eigenvalue weighted by Crippen LogP contribution is -2.09. The van der Waals surface area contributed by atoms with Crippen molar-refractivity contribution in [3.05, 3.63) is 65.9 Å². The van der Waals surface area contributed by atoms with Gasteiger partial charge in [0, 0.05) is 11.1 Å². The molecule has 3 rings (SSSR count). The molecule has 0 aliphatic heterocycles. The summed E-state index contributed by atoms with van der Waals surface area (Å²) in [5, 5.41) is 13.4. The summed E-state index contributed by atoms with van der Waals surface area (Å²) in [6, 6.07) is 16.5. The van der Waals surface area contributed by atoms with E-state index in [1.165, 1.54) is 0 Å². The second-order valence-electron chi connectivity index (χ2n) is 4.90. The second kappa shape index (κ2) is 5.32. The summed E-state index contributed by atoms with van der Waals surface area (Å²) in [4.78, 5) is 11.2. The fraction of sp³-hybridized carbons (Fsp3) is 0.118. The first-order valence-corrected chi connectivity index (χ1v) is 6.72. The van der Waals surface area contributed by atoms with Crippen LogP contribution in [0.25, 0.3) is 11.0 Å². The van der Waals surface area contributed by atoms with E-state index in [9.17, 15) is 9.90 Å². The second-order valence-corrected chi connectivity index (χ2v) is 4.90. The number of anilines is 1. The van der Waals surface area contributed by atoms with E-state index < -0.39 is 5.97 Å². The summed E-state index contributed by atoms with van der Waals surface area (Å²) in [6.45, 7) is 1.94. The first-order chi connectivity index (χ1) is 10.1. The number of nitrogens with one attached hydrogen (secondary N) is 1. The highest BCUT2D eigenvalue weighted by atomic mass is 16.4. The van der Waals surface area contributed by atoms with Crippen molar-refractivity contribution in [1.82, 2.24) is 0 Å². The minimum Gasteiger partial charge on any atom is -0.478 e. The molecule has 0 saturated carbocycles. The van der Waals surface area contributed by atoms with Gasteiger partial charge in [-0.05, 0) is 31.2 Å². The van der Waals surface area contributed by atoms with E-state index in [4.69, 9.17) is 4.42 Å². The molecular formula is C17H15NO3. The molecule has 0 amide bonds. The highest BCUT2D eigenvalue weighted by Crippen LogP contribution is 2.27. The molecule has 21 heavy (non-hydrogen) atoms. The summed E-state index contributed by atoms with van der Waals surface area (Å²) in [5.74, 6) is -0.175. The lowest BCUT2D eigenvalue weighted by atomic mass is 10.1. The van der Waals surface area contributed by atoms with Crippen LogP contribution in [0, 0.1) is 0 Å². The molecule has 0 saturated heterocycles. The molecule has 1 aromatic heterocycles. The summed E-state index contributed by atoms with van der Waals surface area (Å²) >= 11 is 0. The lowest BCUT2D eigenvalue weighted by molar-refractivity contribution is 0.0698. The smallest absolute Gasteiger partial charge is 0.337 e. The highest BCUT2D eigenvalue weighted by molar-refractivity contribution is 5.94. The summed E-state index contributed by atoms with van der Waals surface area (Å²) < 4.78 is 5.79. The molecule has 0 fully saturated rings. The van der Waals surface area contributed by atoms with Gasteiger partial charge in [0.2, 0.25) is 0 Å². The Morgan fingerprint density at radius 1 is 1.14 bits per heavy atom. The molecule has 0 radical (unpaired) electrons. The van der Waals surface area contributed by atoms with Gasteiger partial charge in [-0.15, -0.1) is 0 Å². The van der Waals surface area contributed by atoms with E-state index in [1.54, 1.807) is 24.3 Å². The van der Waals surface area contributed by atoms with Crippen LogP contribution in [-0.2, 0) is 0 Å². The van der Waals surface area contributed by atoms with Crippen molar-refractivity contribution in [2.75, 3.05) is 5.32 Å². The van der Waals surface area contributed by atoms with E-state index >= 15 is 0 Å². The number of carboxylic acid groups (broad SMARTS) is 1. The largest absolute Gasteiger partial charge is 0.478 e. The van der Waals surface area contributed by atoms with Gasteiger partial charge in [-0.2, -0.15) is 0 Å². The highest BCUT2D eigenvalue weighted by Gasteiger charge is 2.15. The Morgan fingerprint density at radius 2 is 1.86 bits per heavy atom. The van der Waals surface area contributed by atoms with Crippen molar-refractivity contribution >= 4 is 22.6 Å². The van der Waals surface area contributed by atoms with Crippen LogP contribution in [0.5, 0.6) is 0 Å². The Labute approximate surface area is 122 Å². The third-order valence-electron chi connectivity index (χ3n) is 3.40. The predicted molar refractivity (Wildman–Crippen MR) is 81.7 cm³/mol. The maximum absolute atomic E-state index is 11.2. The number of hydrogen-bond donors (Lipinski definition) is 2. The summed E-state index contributed by atoms with van der Waals surface area (Å²) in [7, 11) is 0. The zero-order valence-electron chi connectivity index (χ0n) is 11.5. The van der Waals surface area contributed by atoms with Crippen molar-refractivity contribution in [2.45, 2.75) is 13.0 Å². The van der Waals surface area contributed by atoms with Crippen LogP contribution in [-0.4, -0.2) is 11.1 Å². The molecule has 1 heterocycles. The Kier molecular flexibility index (Phi) is 3.36. The van der Waals surface area contributed by atoms with Gasteiger partial charge in [-0.3, -0.25) is 0 Å². The maximum Gasteiger partial charge on any atom is 0.337 e. The number of hydrogen-bond acceptors (Lipinski definition) is 3. The molecule has 1 atom stereocenters. The number of carboxylic acids is 1. The number of aromatic carboxylic acids is 1. The first kappa shape index (κ1) is 13.2. The quantitative estimate of drug-likeness (QED) is 0.748. The van der Waals surface area contributed by atoms with Crippen molar-refractivity contribution in [3.8, 4) is 0 Å². The van der Waals surface area contributed by atoms with Crippen LogP contribution in [0.4, 0.5) is 5.69 Å². The summed E-state index contributed by atoms with van der Waals surface area (Å²) in [6.07, 6.45) is 0. The fourth-order valence-corrected chi connectivity index (χ4v) is 2.32. The van der Waals surface area contributed by atoms with Gasteiger partial charge in [0.25, 0.3) is 0 Å². The van der Waals surface area contributed by atoms with Crippen LogP contribution >= 0.6 is 0 Å². The molecule has 0 spiro atoms. The van der Waals surface area contributed by atoms with Gasteiger partial charge in [0.05, 0.1) is 11.6 Å². The van der Waals surface area contributed by atoms with Crippen LogP contribution in [0.3, 0.4) is 0 Å². The lowest BCUT2D eigenvalue weighted by Gasteiger charge is -2.14. The predicted octanol–water partition coefficient (Wildman–Crippen LogP) is 4.30.